The second-order valence-corrected chi connectivity index (χ2v) is 8.14. The summed E-state index contributed by atoms with van der Waals surface area (Å²) in [6.45, 7) is 5.89. The van der Waals surface area contributed by atoms with E-state index in [0.717, 1.165) is 28.1 Å². The molecule has 8 nitrogen and oxygen atoms in total. The van der Waals surface area contributed by atoms with E-state index in [0.29, 0.717) is 24.7 Å². The second kappa shape index (κ2) is 10.4. The molecule has 2 N–H and O–H groups in total. The van der Waals surface area contributed by atoms with Crippen molar-refractivity contribution in [3.63, 3.8) is 0 Å². The molecular formula is C25H29N3O5. The Labute approximate surface area is 193 Å². The first-order chi connectivity index (χ1) is 16.0. The van der Waals surface area contributed by atoms with Gasteiger partial charge in [-0.2, -0.15) is 0 Å². The second-order valence-electron chi connectivity index (χ2n) is 8.14. The lowest BCUT2D eigenvalue weighted by atomic mass is 10.1. The summed E-state index contributed by atoms with van der Waals surface area (Å²) in [5.74, 6) is 2.14. The van der Waals surface area contributed by atoms with Gasteiger partial charge in [-0.15, -0.1) is 0 Å². The highest BCUT2D eigenvalue weighted by molar-refractivity contribution is 5.95. The van der Waals surface area contributed by atoms with E-state index in [-0.39, 0.29) is 18.3 Å². The highest BCUT2D eigenvalue weighted by Gasteiger charge is 2.16. The Bertz CT molecular complexity index is 1130. The van der Waals surface area contributed by atoms with Crippen molar-refractivity contribution in [3.8, 4) is 23.0 Å². The number of benzene rings is 2. The Hall–Kier alpha value is -3.52. The number of amides is 1. The molecule has 3 aliphatic heterocycles. The van der Waals surface area contributed by atoms with E-state index < -0.39 is 0 Å². The van der Waals surface area contributed by atoms with E-state index in [1.165, 1.54) is 38.1 Å². The molecule has 1 aromatic heterocycles. The number of hydrogen-bond acceptors (Lipinski definition) is 7. The summed E-state index contributed by atoms with van der Waals surface area (Å²) in [5.41, 5.74) is 2.49. The first-order valence-electron chi connectivity index (χ1n) is 11.1. The lowest BCUT2D eigenvalue weighted by Crippen LogP contribution is -2.25. The lowest BCUT2D eigenvalue weighted by Gasteiger charge is -2.19. The number of ether oxygens (including phenoxy) is 3. The number of phenols is 1. The summed E-state index contributed by atoms with van der Waals surface area (Å²) in [7, 11) is 2.17. The summed E-state index contributed by atoms with van der Waals surface area (Å²) in [5, 5.41) is 12.7. The van der Waals surface area contributed by atoms with Gasteiger partial charge in [0.05, 0.1) is 11.2 Å². The molecule has 0 radical (unpaired) electrons. The van der Waals surface area contributed by atoms with Crippen molar-refractivity contribution in [1.82, 2.24) is 9.88 Å². The van der Waals surface area contributed by atoms with E-state index in [2.05, 4.69) is 22.2 Å². The number of fused-ring (bicyclic) bond motifs is 4. The van der Waals surface area contributed by atoms with Gasteiger partial charge in [0, 0.05) is 17.1 Å². The summed E-state index contributed by atoms with van der Waals surface area (Å²) in [6, 6.07) is 12.5. The van der Waals surface area contributed by atoms with Crippen LogP contribution in [-0.4, -0.2) is 60.9 Å². The Morgan fingerprint density at radius 1 is 0.970 bits per heavy atom. The van der Waals surface area contributed by atoms with E-state index in [1.54, 1.807) is 6.07 Å². The first kappa shape index (κ1) is 22.7. The highest BCUT2D eigenvalue weighted by atomic mass is 16.6. The minimum Gasteiger partial charge on any atom is -0.508 e. The average molecular weight is 452 g/mol. The van der Waals surface area contributed by atoms with Gasteiger partial charge in [0.1, 0.15) is 24.7 Å². The van der Waals surface area contributed by atoms with E-state index >= 15 is 0 Å². The molecule has 4 heterocycles. The van der Waals surface area contributed by atoms with E-state index in [1.807, 2.05) is 31.2 Å². The zero-order chi connectivity index (χ0) is 23.2. The number of phenolic OH excluding ortho intramolecular Hbond substituents is 1. The Balaban J connectivity index is 0.000000129. The Morgan fingerprint density at radius 2 is 1.73 bits per heavy atom. The molecule has 3 aliphatic rings. The summed E-state index contributed by atoms with van der Waals surface area (Å²) in [6.07, 6.45) is 2.83. The molecule has 0 aliphatic carbocycles. The van der Waals surface area contributed by atoms with Gasteiger partial charge in [-0.3, -0.25) is 9.78 Å². The van der Waals surface area contributed by atoms with Crippen LogP contribution in [0.25, 0.3) is 10.9 Å². The van der Waals surface area contributed by atoms with Crippen LogP contribution in [0.1, 0.15) is 18.5 Å². The number of likely N-dealkylation sites (tertiary alicyclic amines) is 1. The van der Waals surface area contributed by atoms with Crippen LogP contribution in [0.15, 0.2) is 42.5 Å². The van der Waals surface area contributed by atoms with Gasteiger partial charge in [-0.05, 0) is 76.3 Å². The SMILES string of the molecule is CN1CCCC1.Cc1ccc2c3c(ccc2n1)OCCO3.O=C1COc2ccc(O)cc2N1. The Morgan fingerprint density at radius 3 is 2.48 bits per heavy atom. The number of nitrogens with zero attached hydrogens (tertiary/aromatic N) is 2. The van der Waals surface area contributed by atoms with Crippen molar-refractivity contribution in [2.45, 2.75) is 19.8 Å². The summed E-state index contributed by atoms with van der Waals surface area (Å²) < 4.78 is 16.2. The molecule has 1 saturated heterocycles. The third-order valence-corrected chi connectivity index (χ3v) is 5.44. The van der Waals surface area contributed by atoms with Crippen LogP contribution in [0.2, 0.25) is 0 Å². The fourth-order valence-electron chi connectivity index (χ4n) is 3.76. The molecule has 3 aromatic rings. The predicted molar refractivity (Wildman–Crippen MR) is 126 cm³/mol. The van der Waals surface area contributed by atoms with Crippen molar-refractivity contribution < 1.29 is 24.1 Å². The number of carbonyl (C=O) groups excluding carboxylic acids is 1. The van der Waals surface area contributed by atoms with Crippen molar-refractivity contribution in [3.05, 3.63) is 48.2 Å². The molecule has 174 valence electrons. The zero-order valence-electron chi connectivity index (χ0n) is 19.0. The van der Waals surface area contributed by atoms with E-state index in [4.69, 9.17) is 19.3 Å². The van der Waals surface area contributed by atoms with Crippen LogP contribution in [0.3, 0.4) is 0 Å². The zero-order valence-corrected chi connectivity index (χ0v) is 19.0. The minimum absolute atomic E-state index is 0.0395. The number of pyridine rings is 1. The van der Waals surface area contributed by atoms with Crippen LogP contribution in [0.5, 0.6) is 23.0 Å². The summed E-state index contributed by atoms with van der Waals surface area (Å²) >= 11 is 0. The van der Waals surface area contributed by atoms with Crippen molar-refractivity contribution >= 4 is 22.5 Å². The quantitative estimate of drug-likeness (QED) is 0.538. The van der Waals surface area contributed by atoms with Gasteiger partial charge in [-0.1, -0.05) is 0 Å². The van der Waals surface area contributed by atoms with Gasteiger partial charge >= 0.3 is 0 Å². The number of nitrogens with one attached hydrogen (secondary N) is 1. The van der Waals surface area contributed by atoms with Crippen LogP contribution in [0, 0.1) is 6.92 Å². The molecule has 1 amide bonds. The number of rotatable bonds is 0. The molecule has 0 unspecified atom stereocenters. The third kappa shape index (κ3) is 5.84. The number of aromatic hydroxyl groups is 1. The number of aryl methyl sites for hydroxylation is 1. The normalized spacial score (nSPS) is 16.4. The number of anilines is 1. The van der Waals surface area contributed by atoms with Gasteiger partial charge in [0.25, 0.3) is 5.91 Å². The lowest BCUT2D eigenvalue weighted by molar-refractivity contribution is -0.118. The average Bonchev–Trinajstić information content (AvgIpc) is 3.30. The number of hydrogen-bond donors (Lipinski definition) is 2. The molecule has 1 fully saturated rings. The molecule has 8 heteroatoms. The maximum absolute atomic E-state index is 10.8. The van der Waals surface area contributed by atoms with Crippen LogP contribution >= 0.6 is 0 Å². The van der Waals surface area contributed by atoms with Crippen molar-refractivity contribution in [2.24, 2.45) is 0 Å². The van der Waals surface area contributed by atoms with Crippen LogP contribution in [-0.2, 0) is 4.79 Å². The van der Waals surface area contributed by atoms with E-state index in [9.17, 15) is 4.79 Å². The molecule has 0 atom stereocenters. The van der Waals surface area contributed by atoms with Crippen molar-refractivity contribution in [2.75, 3.05) is 45.3 Å². The van der Waals surface area contributed by atoms with Gasteiger partial charge < -0.3 is 29.5 Å². The fraction of sp³-hybridized carbons (Fsp3) is 0.360. The molecule has 0 bridgehead atoms. The molecule has 6 rings (SSSR count). The van der Waals surface area contributed by atoms with Gasteiger partial charge in [0.2, 0.25) is 0 Å². The van der Waals surface area contributed by atoms with Crippen LogP contribution < -0.4 is 19.5 Å². The highest BCUT2D eigenvalue weighted by Crippen LogP contribution is 2.36. The molecule has 33 heavy (non-hydrogen) atoms. The molecule has 0 spiro atoms. The fourth-order valence-corrected chi connectivity index (χ4v) is 3.76. The summed E-state index contributed by atoms with van der Waals surface area (Å²) in [4.78, 5) is 17.6. The maximum atomic E-state index is 10.8. The largest absolute Gasteiger partial charge is 0.508 e. The third-order valence-electron chi connectivity index (χ3n) is 5.44. The van der Waals surface area contributed by atoms with Crippen LogP contribution in [0.4, 0.5) is 5.69 Å². The predicted octanol–water partition coefficient (Wildman–Crippen LogP) is 3.75. The van der Waals surface area contributed by atoms with Crippen molar-refractivity contribution in [1.29, 1.82) is 0 Å². The van der Waals surface area contributed by atoms with Gasteiger partial charge in [-0.25, -0.2) is 0 Å². The first-order valence-corrected chi connectivity index (χ1v) is 11.1. The molecule has 2 aromatic carbocycles. The maximum Gasteiger partial charge on any atom is 0.262 e. The topological polar surface area (TPSA) is 93.2 Å². The molecular weight excluding hydrogens is 422 g/mol. The standard InChI is InChI=1S/C12H11NO2.C8H7NO3.C5H11N/c1-8-2-3-9-10(13-8)4-5-11-12(9)15-7-6-14-11;10-5-1-2-7-6(3-5)9-8(11)4-12-7;1-6-4-2-3-5-6/h2-5H,6-7H2,1H3;1-3,10H,4H2,(H,9,11);2-5H2,1H3. The van der Waals surface area contributed by atoms with Gasteiger partial charge in [0.15, 0.2) is 18.1 Å². The Kier molecular flexibility index (Phi) is 7.14. The number of aromatic nitrogens is 1. The number of carbonyl (C=O) groups is 1. The molecule has 0 saturated carbocycles. The monoisotopic (exact) mass is 451 g/mol. The minimum atomic E-state index is -0.201. The smallest absolute Gasteiger partial charge is 0.262 e.